The van der Waals surface area contributed by atoms with Crippen LogP contribution in [0.5, 0.6) is 11.5 Å². The van der Waals surface area contributed by atoms with Crippen molar-refractivity contribution in [3.05, 3.63) is 18.2 Å². The average molecular weight is 352 g/mol. The Hall–Kier alpha value is -1.80. The summed E-state index contributed by atoms with van der Waals surface area (Å²) >= 11 is 0. The minimum atomic E-state index is -3.74. The van der Waals surface area contributed by atoms with E-state index in [0.717, 1.165) is 12.8 Å². The Balaban J connectivity index is 1.60. The van der Waals surface area contributed by atoms with E-state index >= 15 is 0 Å². The minimum Gasteiger partial charge on any atom is -0.486 e. The fraction of sp³-hybridized carbons (Fsp3) is 0.562. The molecule has 1 N–H and O–H groups in total. The summed E-state index contributed by atoms with van der Waals surface area (Å²) in [4.78, 5) is 12.5. The van der Waals surface area contributed by atoms with Crippen LogP contribution >= 0.6 is 0 Å². The maximum Gasteiger partial charge on any atom is 0.243 e. The Morgan fingerprint density at radius 3 is 2.62 bits per heavy atom. The van der Waals surface area contributed by atoms with Gasteiger partial charge in [-0.05, 0) is 37.8 Å². The van der Waals surface area contributed by atoms with Crippen LogP contribution in [0, 0.1) is 0 Å². The Morgan fingerprint density at radius 1 is 1.12 bits per heavy atom. The molecule has 3 aliphatic rings. The number of amides is 1. The van der Waals surface area contributed by atoms with Gasteiger partial charge in [-0.2, -0.15) is 4.31 Å². The number of ether oxygens (including phenoxy) is 2. The molecule has 2 aliphatic heterocycles. The molecule has 130 valence electrons. The lowest BCUT2D eigenvalue weighted by molar-refractivity contribution is -0.124. The molecule has 1 amide bonds. The summed E-state index contributed by atoms with van der Waals surface area (Å²) in [5, 5.41) is 2.91. The molecule has 4 rings (SSSR count). The number of carbonyl (C=O) groups excluding carboxylic acids is 1. The average Bonchev–Trinajstić information content (AvgIpc) is 3.25. The van der Waals surface area contributed by atoms with Gasteiger partial charge in [0.05, 0.1) is 4.90 Å². The van der Waals surface area contributed by atoms with E-state index in [0.29, 0.717) is 44.1 Å². The molecule has 1 atom stereocenters. The van der Waals surface area contributed by atoms with E-state index in [4.69, 9.17) is 9.47 Å². The van der Waals surface area contributed by atoms with Crippen molar-refractivity contribution in [1.29, 1.82) is 0 Å². The van der Waals surface area contributed by atoms with Crippen LogP contribution in [0.4, 0.5) is 0 Å². The molecular formula is C16H20N2O5S. The molecule has 0 radical (unpaired) electrons. The molecule has 1 saturated heterocycles. The van der Waals surface area contributed by atoms with Gasteiger partial charge in [0.2, 0.25) is 15.9 Å². The number of benzene rings is 1. The topological polar surface area (TPSA) is 84.9 Å². The number of hydrogen-bond acceptors (Lipinski definition) is 5. The lowest BCUT2D eigenvalue weighted by Gasteiger charge is -2.24. The van der Waals surface area contributed by atoms with Gasteiger partial charge >= 0.3 is 0 Å². The van der Waals surface area contributed by atoms with Crippen molar-refractivity contribution in [3.63, 3.8) is 0 Å². The maximum absolute atomic E-state index is 13.0. The largest absolute Gasteiger partial charge is 0.486 e. The van der Waals surface area contributed by atoms with Crippen molar-refractivity contribution in [2.45, 2.75) is 42.7 Å². The first kappa shape index (κ1) is 15.7. The zero-order valence-electron chi connectivity index (χ0n) is 13.2. The molecule has 1 saturated carbocycles. The molecular weight excluding hydrogens is 332 g/mol. The van der Waals surface area contributed by atoms with E-state index in [9.17, 15) is 13.2 Å². The highest BCUT2D eigenvalue weighted by atomic mass is 32.2. The van der Waals surface area contributed by atoms with Crippen LogP contribution in [-0.2, 0) is 14.8 Å². The SMILES string of the molecule is O=C(NC1CC1)[C@H]1CCCN1S(=O)(=O)c1ccc2c(c1)OCCO2. The van der Waals surface area contributed by atoms with Gasteiger partial charge in [0, 0.05) is 18.7 Å². The fourth-order valence-electron chi connectivity index (χ4n) is 3.13. The van der Waals surface area contributed by atoms with Crippen LogP contribution in [0.2, 0.25) is 0 Å². The van der Waals surface area contributed by atoms with E-state index < -0.39 is 16.1 Å². The molecule has 0 spiro atoms. The van der Waals surface area contributed by atoms with Crippen LogP contribution < -0.4 is 14.8 Å². The number of rotatable bonds is 4. The third kappa shape index (κ3) is 2.84. The molecule has 7 nitrogen and oxygen atoms in total. The van der Waals surface area contributed by atoms with Gasteiger partial charge < -0.3 is 14.8 Å². The first-order valence-corrected chi connectivity index (χ1v) is 9.71. The number of nitrogens with zero attached hydrogens (tertiary/aromatic N) is 1. The minimum absolute atomic E-state index is 0.137. The molecule has 0 bridgehead atoms. The van der Waals surface area contributed by atoms with Gasteiger partial charge in [0.1, 0.15) is 19.3 Å². The number of carbonyl (C=O) groups is 1. The summed E-state index contributed by atoms with van der Waals surface area (Å²) in [6.07, 6.45) is 3.20. The molecule has 0 unspecified atom stereocenters. The summed E-state index contributed by atoms with van der Waals surface area (Å²) in [6, 6.07) is 4.20. The van der Waals surface area contributed by atoms with Crippen LogP contribution in [0.3, 0.4) is 0 Å². The molecule has 1 aromatic rings. The van der Waals surface area contributed by atoms with Crippen LogP contribution in [0.1, 0.15) is 25.7 Å². The number of nitrogens with one attached hydrogen (secondary N) is 1. The molecule has 0 aromatic heterocycles. The summed E-state index contributed by atoms with van der Waals surface area (Å²) < 4.78 is 38.2. The third-order valence-electron chi connectivity index (χ3n) is 4.55. The van der Waals surface area contributed by atoms with Crippen molar-refractivity contribution in [2.75, 3.05) is 19.8 Å². The predicted molar refractivity (Wildman–Crippen MR) is 85.5 cm³/mol. The molecule has 2 fully saturated rings. The van der Waals surface area contributed by atoms with Gasteiger partial charge in [-0.3, -0.25) is 4.79 Å². The van der Waals surface area contributed by atoms with Crippen LogP contribution in [0.15, 0.2) is 23.1 Å². The number of sulfonamides is 1. The summed E-state index contributed by atoms with van der Waals surface area (Å²) in [7, 11) is -3.74. The van der Waals surface area contributed by atoms with E-state index in [1.807, 2.05) is 0 Å². The highest BCUT2D eigenvalue weighted by Gasteiger charge is 2.41. The van der Waals surface area contributed by atoms with Crippen LogP contribution in [-0.4, -0.2) is 50.5 Å². The molecule has 24 heavy (non-hydrogen) atoms. The van der Waals surface area contributed by atoms with E-state index in [1.165, 1.54) is 16.4 Å². The van der Waals surface area contributed by atoms with Crippen molar-refractivity contribution in [1.82, 2.24) is 9.62 Å². The Labute approximate surface area is 141 Å². The second kappa shape index (κ2) is 5.93. The van der Waals surface area contributed by atoms with Crippen molar-refractivity contribution < 1.29 is 22.7 Å². The van der Waals surface area contributed by atoms with E-state index in [1.54, 1.807) is 6.07 Å². The summed E-state index contributed by atoms with van der Waals surface area (Å²) in [6.45, 7) is 1.21. The maximum atomic E-state index is 13.0. The first-order valence-electron chi connectivity index (χ1n) is 8.27. The van der Waals surface area contributed by atoms with Crippen LogP contribution in [0.25, 0.3) is 0 Å². The fourth-order valence-corrected chi connectivity index (χ4v) is 4.81. The summed E-state index contributed by atoms with van der Waals surface area (Å²) in [5.41, 5.74) is 0. The number of hydrogen-bond donors (Lipinski definition) is 1. The predicted octanol–water partition coefficient (Wildman–Crippen LogP) is 0.889. The van der Waals surface area contributed by atoms with Crippen molar-refractivity contribution in [2.24, 2.45) is 0 Å². The van der Waals surface area contributed by atoms with E-state index in [2.05, 4.69) is 5.32 Å². The summed E-state index contributed by atoms with van der Waals surface area (Å²) in [5.74, 6) is 0.793. The van der Waals surface area contributed by atoms with Crippen molar-refractivity contribution in [3.8, 4) is 11.5 Å². The van der Waals surface area contributed by atoms with Gasteiger partial charge in [0.25, 0.3) is 0 Å². The molecule has 8 heteroatoms. The monoisotopic (exact) mass is 352 g/mol. The standard InChI is InChI=1S/C16H20N2O5S/c19-16(17-11-3-4-11)13-2-1-7-18(13)24(20,21)12-5-6-14-15(10-12)23-9-8-22-14/h5-6,10-11,13H,1-4,7-9H2,(H,17,19)/t13-/m1/s1. The quantitative estimate of drug-likeness (QED) is 0.870. The van der Waals surface area contributed by atoms with Crippen molar-refractivity contribution >= 4 is 15.9 Å². The van der Waals surface area contributed by atoms with Gasteiger partial charge in [-0.25, -0.2) is 8.42 Å². The lowest BCUT2D eigenvalue weighted by Crippen LogP contribution is -2.46. The third-order valence-corrected chi connectivity index (χ3v) is 6.45. The Kier molecular flexibility index (Phi) is 3.88. The van der Waals surface area contributed by atoms with Gasteiger partial charge in [0.15, 0.2) is 11.5 Å². The number of fused-ring (bicyclic) bond motifs is 1. The Morgan fingerprint density at radius 2 is 1.88 bits per heavy atom. The highest BCUT2D eigenvalue weighted by Crippen LogP contribution is 2.35. The highest BCUT2D eigenvalue weighted by molar-refractivity contribution is 7.89. The van der Waals surface area contributed by atoms with E-state index in [-0.39, 0.29) is 16.8 Å². The molecule has 2 heterocycles. The molecule has 1 aliphatic carbocycles. The Bertz CT molecular complexity index is 760. The first-order chi connectivity index (χ1) is 11.6. The molecule has 1 aromatic carbocycles. The zero-order chi connectivity index (χ0) is 16.7. The van der Waals surface area contributed by atoms with Gasteiger partial charge in [-0.1, -0.05) is 0 Å². The van der Waals surface area contributed by atoms with Gasteiger partial charge in [-0.15, -0.1) is 0 Å². The lowest BCUT2D eigenvalue weighted by atomic mass is 10.2. The smallest absolute Gasteiger partial charge is 0.243 e. The second-order valence-corrected chi connectivity index (χ2v) is 8.25. The second-order valence-electron chi connectivity index (χ2n) is 6.36. The normalized spacial score (nSPS) is 23.9. The zero-order valence-corrected chi connectivity index (χ0v) is 14.0.